The number of aryl methyl sites for hydroxylation is 1. The third-order valence-corrected chi connectivity index (χ3v) is 4.32. The number of carbonyl (C=O) groups excluding carboxylic acids is 2. The lowest BCUT2D eigenvalue weighted by Crippen LogP contribution is -2.42. The van der Waals surface area contributed by atoms with Gasteiger partial charge >= 0.3 is 0 Å². The van der Waals surface area contributed by atoms with E-state index < -0.39 is 11.8 Å². The van der Waals surface area contributed by atoms with Crippen LogP contribution in [0.15, 0.2) is 22.8 Å². The number of rotatable bonds is 2. The molecular formula is C11H8BrCl2N3O2S. The molecule has 0 radical (unpaired) electrons. The molecule has 0 aliphatic heterocycles. The van der Waals surface area contributed by atoms with Gasteiger partial charge in [-0.05, 0) is 28.1 Å². The van der Waals surface area contributed by atoms with E-state index in [1.54, 1.807) is 23.9 Å². The molecule has 0 aliphatic carbocycles. The maximum absolute atomic E-state index is 11.9. The first-order chi connectivity index (χ1) is 9.38. The second-order valence-electron chi connectivity index (χ2n) is 3.80. The van der Waals surface area contributed by atoms with E-state index in [9.17, 15) is 9.59 Å². The number of hydrazine groups is 1. The molecule has 2 aromatic heterocycles. The third-order valence-electron chi connectivity index (χ3n) is 2.40. The molecule has 0 fully saturated rings. The molecule has 2 heterocycles. The summed E-state index contributed by atoms with van der Waals surface area (Å²) in [5.74, 6) is -0.969. The molecule has 0 bridgehead atoms. The second-order valence-corrected chi connectivity index (χ2v) is 7.00. The summed E-state index contributed by atoms with van der Waals surface area (Å²) in [6, 6.07) is 3.07. The van der Waals surface area contributed by atoms with Crippen LogP contribution in [0.4, 0.5) is 0 Å². The number of carbonyl (C=O) groups is 2. The van der Waals surface area contributed by atoms with Gasteiger partial charge in [0.25, 0.3) is 11.8 Å². The molecule has 0 spiro atoms. The standard InChI is InChI=1S/C11H8BrCl2N3O2S/c1-17-4-5(12)2-7(17)11(19)16-15-10(18)6-3-8(13)20-9(6)14/h2-4H,1H3,(H,15,18)(H,16,19). The van der Waals surface area contributed by atoms with Crippen molar-refractivity contribution in [1.29, 1.82) is 0 Å². The van der Waals surface area contributed by atoms with E-state index in [0.717, 1.165) is 15.8 Å². The Balaban J connectivity index is 2.02. The van der Waals surface area contributed by atoms with Crippen molar-refractivity contribution in [3.8, 4) is 0 Å². The molecule has 9 heteroatoms. The van der Waals surface area contributed by atoms with E-state index >= 15 is 0 Å². The van der Waals surface area contributed by atoms with Crippen molar-refractivity contribution < 1.29 is 9.59 Å². The van der Waals surface area contributed by atoms with E-state index in [1.165, 1.54) is 6.07 Å². The Morgan fingerprint density at radius 1 is 1.25 bits per heavy atom. The van der Waals surface area contributed by atoms with Gasteiger partial charge in [-0.3, -0.25) is 20.4 Å². The highest BCUT2D eigenvalue weighted by Gasteiger charge is 2.16. The predicted octanol–water partition coefficient (Wildman–Crippen LogP) is 3.23. The van der Waals surface area contributed by atoms with E-state index in [2.05, 4.69) is 26.8 Å². The molecule has 0 unspecified atom stereocenters. The van der Waals surface area contributed by atoms with Crippen molar-refractivity contribution in [2.45, 2.75) is 0 Å². The van der Waals surface area contributed by atoms with Gasteiger partial charge in [-0.15, -0.1) is 11.3 Å². The normalized spacial score (nSPS) is 10.4. The Kier molecular flexibility index (Phi) is 4.74. The third kappa shape index (κ3) is 3.35. The highest BCUT2D eigenvalue weighted by molar-refractivity contribution is 9.10. The van der Waals surface area contributed by atoms with Crippen LogP contribution in [0.1, 0.15) is 20.8 Å². The van der Waals surface area contributed by atoms with E-state index in [4.69, 9.17) is 23.2 Å². The zero-order valence-corrected chi connectivity index (χ0v) is 14.0. The van der Waals surface area contributed by atoms with Gasteiger partial charge in [0.15, 0.2) is 0 Å². The lowest BCUT2D eigenvalue weighted by molar-refractivity contribution is 0.0842. The van der Waals surface area contributed by atoms with Gasteiger partial charge in [-0.1, -0.05) is 23.2 Å². The summed E-state index contributed by atoms with van der Waals surface area (Å²) in [6.07, 6.45) is 1.73. The average molecular weight is 397 g/mol. The minimum Gasteiger partial charge on any atom is -0.345 e. The number of aromatic nitrogens is 1. The fraction of sp³-hybridized carbons (Fsp3) is 0.0909. The average Bonchev–Trinajstić information content (AvgIpc) is 2.88. The van der Waals surface area contributed by atoms with Crippen LogP contribution >= 0.6 is 50.5 Å². The quantitative estimate of drug-likeness (QED) is 0.765. The van der Waals surface area contributed by atoms with Crippen molar-refractivity contribution in [2.75, 3.05) is 0 Å². The van der Waals surface area contributed by atoms with Gasteiger partial charge in [-0.2, -0.15) is 0 Å². The van der Waals surface area contributed by atoms with Crippen molar-refractivity contribution >= 4 is 62.3 Å². The van der Waals surface area contributed by atoms with Gasteiger partial charge in [-0.25, -0.2) is 0 Å². The zero-order valence-electron chi connectivity index (χ0n) is 10.0. The van der Waals surface area contributed by atoms with Crippen LogP contribution in [-0.4, -0.2) is 16.4 Å². The summed E-state index contributed by atoms with van der Waals surface area (Å²) in [6.45, 7) is 0. The van der Waals surface area contributed by atoms with Gasteiger partial charge in [0.2, 0.25) is 0 Å². The number of nitrogens with zero attached hydrogens (tertiary/aromatic N) is 1. The Morgan fingerprint density at radius 2 is 1.90 bits per heavy atom. The van der Waals surface area contributed by atoms with E-state index in [1.807, 2.05) is 0 Å². The number of halogens is 3. The van der Waals surface area contributed by atoms with E-state index in [-0.39, 0.29) is 9.90 Å². The molecule has 2 rings (SSSR count). The fourth-order valence-corrected chi connectivity index (χ4v) is 3.47. The lowest BCUT2D eigenvalue weighted by Gasteiger charge is -2.07. The van der Waals surface area contributed by atoms with Gasteiger partial charge in [0.1, 0.15) is 10.0 Å². The topological polar surface area (TPSA) is 63.1 Å². The molecule has 106 valence electrons. The first-order valence-electron chi connectivity index (χ1n) is 5.26. The van der Waals surface area contributed by atoms with Crippen molar-refractivity contribution in [3.63, 3.8) is 0 Å². The SMILES string of the molecule is Cn1cc(Br)cc1C(=O)NNC(=O)c1cc(Cl)sc1Cl. The summed E-state index contributed by atoms with van der Waals surface area (Å²) in [5.41, 5.74) is 5.21. The largest absolute Gasteiger partial charge is 0.345 e. The minimum absolute atomic E-state index is 0.218. The summed E-state index contributed by atoms with van der Waals surface area (Å²) in [4.78, 5) is 23.7. The van der Waals surface area contributed by atoms with Crippen LogP contribution in [-0.2, 0) is 7.05 Å². The van der Waals surface area contributed by atoms with Gasteiger partial charge < -0.3 is 4.57 Å². The second kappa shape index (κ2) is 6.17. The number of hydrogen-bond donors (Lipinski definition) is 2. The lowest BCUT2D eigenvalue weighted by atomic mass is 10.3. The van der Waals surface area contributed by atoms with Gasteiger partial charge in [0, 0.05) is 17.7 Å². The fourth-order valence-electron chi connectivity index (χ4n) is 1.49. The summed E-state index contributed by atoms with van der Waals surface area (Å²) in [7, 11) is 1.72. The molecule has 0 aromatic carbocycles. The monoisotopic (exact) mass is 395 g/mol. The minimum atomic E-state index is -0.528. The smallest absolute Gasteiger partial charge is 0.286 e. The van der Waals surface area contributed by atoms with Crippen LogP contribution < -0.4 is 10.9 Å². The molecule has 2 aromatic rings. The molecule has 2 amide bonds. The van der Waals surface area contributed by atoms with Crippen LogP contribution in [0.25, 0.3) is 0 Å². The number of nitrogens with one attached hydrogen (secondary N) is 2. The zero-order chi connectivity index (χ0) is 14.9. The highest BCUT2D eigenvalue weighted by Crippen LogP contribution is 2.30. The van der Waals surface area contributed by atoms with E-state index in [0.29, 0.717) is 10.0 Å². The first-order valence-corrected chi connectivity index (χ1v) is 7.62. The first kappa shape index (κ1) is 15.4. The predicted molar refractivity (Wildman–Crippen MR) is 82.4 cm³/mol. The van der Waals surface area contributed by atoms with Gasteiger partial charge in [0.05, 0.1) is 9.90 Å². The molecule has 0 saturated carbocycles. The summed E-state index contributed by atoms with van der Waals surface area (Å²) in [5, 5.41) is 0. The summed E-state index contributed by atoms with van der Waals surface area (Å²) < 4.78 is 3.06. The Labute approximate surface area is 137 Å². The Bertz CT molecular complexity index is 625. The Hall–Kier alpha value is -1.02. The number of thiophene rings is 1. The molecule has 2 N–H and O–H groups in total. The highest BCUT2D eigenvalue weighted by atomic mass is 79.9. The van der Waals surface area contributed by atoms with Crippen molar-refractivity contribution in [1.82, 2.24) is 15.4 Å². The Morgan fingerprint density at radius 3 is 2.40 bits per heavy atom. The molecular weight excluding hydrogens is 389 g/mol. The molecule has 20 heavy (non-hydrogen) atoms. The van der Waals surface area contributed by atoms with Crippen molar-refractivity contribution in [3.05, 3.63) is 42.7 Å². The van der Waals surface area contributed by atoms with Crippen LogP contribution in [0.3, 0.4) is 0 Å². The molecule has 5 nitrogen and oxygen atoms in total. The molecule has 0 saturated heterocycles. The maximum Gasteiger partial charge on any atom is 0.286 e. The van der Waals surface area contributed by atoms with Crippen molar-refractivity contribution in [2.24, 2.45) is 7.05 Å². The van der Waals surface area contributed by atoms with Crippen LogP contribution in [0.5, 0.6) is 0 Å². The maximum atomic E-state index is 11.9. The van der Waals surface area contributed by atoms with Crippen LogP contribution in [0, 0.1) is 0 Å². The number of amides is 2. The van der Waals surface area contributed by atoms with Crippen LogP contribution in [0.2, 0.25) is 8.67 Å². The summed E-state index contributed by atoms with van der Waals surface area (Å²) >= 11 is 15.9. The molecule has 0 aliphatic rings. The molecule has 0 atom stereocenters. The number of hydrogen-bond acceptors (Lipinski definition) is 3.